The first-order valence-electron chi connectivity index (χ1n) is 8.94. The highest BCUT2D eigenvalue weighted by molar-refractivity contribution is 5.89. The van der Waals surface area contributed by atoms with E-state index in [1.165, 1.54) is 4.90 Å². The fourth-order valence-electron chi connectivity index (χ4n) is 3.12. The molecule has 0 radical (unpaired) electrons. The van der Waals surface area contributed by atoms with Gasteiger partial charge in [-0.2, -0.15) is 5.10 Å². The van der Waals surface area contributed by atoms with Crippen molar-refractivity contribution in [1.29, 1.82) is 0 Å². The second-order valence-corrected chi connectivity index (χ2v) is 6.80. The van der Waals surface area contributed by atoms with Crippen molar-refractivity contribution in [2.75, 3.05) is 26.5 Å². The average molecular weight is 371 g/mol. The molecule has 2 aromatic rings. The van der Waals surface area contributed by atoms with Crippen LogP contribution in [-0.2, 0) is 17.8 Å². The van der Waals surface area contributed by atoms with E-state index >= 15 is 0 Å². The van der Waals surface area contributed by atoms with Gasteiger partial charge in [0.1, 0.15) is 12.3 Å². The largest absolute Gasteiger partial charge is 0.497 e. The Morgan fingerprint density at radius 2 is 2.19 bits per heavy atom. The third-order valence-corrected chi connectivity index (χ3v) is 4.57. The highest BCUT2D eigenvalue weighted by Gasteiger charge is 2.26. The zero-order valence-electron chi connectivity index (χ0n) is 15.9. The van der Waals surface area contributed by atoms with Gasteiger partial charge in [0.15, 0.2) is 0 Å². The minimum absolute atomic E-state index is 0.0184. The van der Waals surface area contributed by atoms with Crippen molar-refractivity contribution < 1.29 is 14.3 Å². The molecule has 8 heteroatoms. The minimum Gasteiger partial charge on any atom is -0.497 e. The van der Waals surface area contributed by atoms with Gasteiger partial charge in [-0.25, -0.2) is 4.79 Å². The summed E-state index contributed by atoms with van der Waals surface area (Å²) in [5.41, 5.74) is 2.58. The minimum atomic E-state index is -0.292. The van der Waals surface area contributed by atoms with Crippen molar-refractivity contribution in [3.63, 3.8) is 0 Å². The molecular weight excluding hydrogens is 346 g/mol. The van der Waals surface area contributed by atoms with E-state index in [0.29, 0.717) is 11.4 Å². The monoisotopic (exact) mass is 371 g/mol. The zero-order valence-corrected chi connectivity index (χ0v) is 15.9. The van der Waals surface area contributed by atoms with Gasteiger partial charge in [0, 0.05) is 32.0 Å². The lowest BCUT2D eigenvalue weighted by molar-refractivity contribution is -0.129. The van der Waals surface area contributed by atoms with E-state index in [1.54, 1.807) is 38.0 Å². The van der Waals surface area contributed by atoms with Crippen molar-refractivity contribution in [2.45, 2.75) is 31.8 Å². The fourth-order valence-corrected chi connectivity index (χ4v) is 3.12. The molecule has 144 valence electrons. The molecule has 1 aliphatic carbocycles. The van der Waals surface area contributed by atoms with Crippen molar-refractivity contribution >= 4 is 17.6 Å². The molecule has 0 spiro atoms. The zero-order chi connectivity index (χ0) is 19.4. The molecule has 1 aliphatic rings. The lowest BCUT2D eigenvalue weighted by Crippen LogP contribution is -2.34. The maximum absolute atomic E-state index is 12.4. The van der Waals surface area contributed by atoms with E-state index < -0.39 is 0 Å². The quantitative estimate of drug-likeness (QED) is 0.843. The van der Waals surface area contributed by atoms with Crippen LogP contribution in [0.1, 0.15) is 30.1 Å². The van der Waals surface area contributed by atoms with E-state index in [2.05, 4.69) is 15.7 Å². The van der Waals surface area contributed by atoms with Crippen LogP contribution >= 0.6 is 0 Å². The van der Waals surface area contributed by atoms with Gasteiger partial charge in [0.05, 0.1) is 18.8 Å². The standard InChI is InChI=1S/C19H25N5O3/c1-23(2)17(25)12-24-11-13-6-4-9-16(18(13)22-24)21-19(26)20-14-7-5-8-15(10-14)27-3/h5,7-8,10-11,16H,4,6,9,12H2,1-3H3,(H2,20,21,26)/t16-/m1/s1. The first-order chi connectivity index (χ1) is 13.0. The summed E-state index contributed by atoms with van der Waals surface area (Å²) >= 11 is 0. The Morgan fingerprint density at radius 3 is 2.93 bits per heavy atom. The van der Waals surface area contributed by atoms with Crippen LogP contribution in [0.5, 0.6) is 5.75 Å². The van der Waals surface area contributed by atoms with Gasteiger partial charge in [-0.3, -0.25) is 9.48 Å². The normalized spacial score (nSPS) is 15.6. The van der Waals surface area contributed by atoms with Gasteiger partial charge < -0.3 is 20.3 Å². The molecule has 0 bridgehead atoms. The predicted molar refractivity (Wildman–Crippen MR) is 102 cm³/mol. The number of anilines is 1. The fraction of sp³-hybridized carbons (Fsp3) is 0.421. The summed E-state index contributed by atoms with van der Waals surface area (Å²) in [6, 6.07) is 6.73. The summed E-state index contributed by atoms with van der Waals surface area (Å²) in [6.45, 7) is 0.197. The van der Waals surface area contributed by atoms with Crippen LogP contribution in [0.3, 0.4) is 0 Å². The third-order valence-electron chi connectivity index (χ3n) is 4.57. The van der Waals surface area contributed by atoms with Gasteiger partial charge in [0.25, 0.3) is 0 Å². The molecule has 27 heavy (non-hydrogen) atoms. The highest BCUT2D eigenvalue weighted by Crippen LogP contribution is 2.28. The molecule has 0 fully saturated rings. The van der Waals surface area contributed by atoms with Crippen LogP contribution in [0, 0.1) is 0 Å². The Bertz CT molecular complexity index is 831. The van der Waals surface area contributed by atoms with Crippen LogP contribution in [0.2, 0.25) is 0 Å². The summed E-state index contributed by atoms with van der Waals surface area (Å²) in [5, 5.41) is 10.4. The number of urea groups is 1. The third kappa shape index (κ3) is 4.58. The number of carbonyl (C=O) groups is 2. The number of rotatable bonds is 5. The van der Waals surface area contributed by atoms with Crippen molar-refractivity contribution in [2.24, 2.45) is 0 Å². The van der Waals surface area contributed by atoms with Gasteiger partial charge in [-0.05, 0) is 37.0 Å². The summed E-state index contributed by atoms with van der Waals surface area (Å²) in [6.07, 6.45) is 4.59. The number of fused-ring (bicyclic) bond motifs is 1. The molecule has 2 N–H and O–H groups in total. The van der Waals surface area contributed by atoms with E-state index in [4.69, 9.17) is 4.74 Å². The molecular formula is C19H25N5O3. The maximum Gasteiger partial charge on any atom is 0.319 e. The molecule has 0 saturated heterocycles. The molecule has 1 aromatic heterocycles. The Morgan fingerprint density at radius 1 is 1.37 bits per heavy atom. The molecule has 0 saturated carbocycles. The first-order valence-corrected chi connectivity index (χ1v) is 8.94. The van der Waals surface area contributed by atoms with E-state index in [1.807, 2.05) is 18.3 Å². The number of hydrogen-bond donors (Lipinski definition) is 2. The van der Waals surface area contributed by atoms with Gasteiger partial charge in [-0.1, -0.05) is 6.07 Å². The highest BCUT2D eigenvalue weighted by atomic mass is 16.5. The number of nitrogens with one attached hydrogen (secondary N) is 2. The molecule has 0 unspecified atom stereocenters. The topological polar surface area (TPSA) is 88.5 Å². The summed E-state index contributed by atoms with van der Waals surface area (Å²) in [7, 11) is 5.03. The number of methoxy groups -OCH3 is 1. The number of nitrogens with zero attached hydrogens (tertiary/aromatic N) is 3. The Labute approximate surface area is 158 Å². The van der Waals surface area contributed by atoms with E-state index in [9.17, 15) is 9.59 Å². The number of aryl methyl sites for hydroxylation is 1. The molecule has 0 aliphatic heterocycles. The smallest absolute Gasteiger partial charge is 0.319 e. The lowest BCUT2D eigenvalue weighted by atomic mass is 9.94. The molecule has 1 heterocycles. The number of hydrogen-bond acceptors (Lipinski definition) is 4. The summed E-state index contributed by atoms with van der Waals surface area (Å²) < 4.78 is 6.83. The summed E-state index contributed by atoms with van der Waals surface area (Å²) in [4.78, 5) is 25.9. The van der Waals surface area contributed by atoms with Gasteiger partial charge in [0.2, 0.25) is 5.91 Å². The van der Waals surface area contributed by atoms with Crippen molar-refractivity contribution in [1.82, 2.24) is 20.0 Å². The van der Waals surface area contributed by atoms with Crippen LogP contribution < -0.4 is 15.4 Å². The Hall–Kier alpha value is -3.03. The van der Waals surface area contributed by atoms with Crippen molar-refractivity contribution in [3.8, 4) is 5.75 Å². The number of amides is 3. The Balaban J connectivity index is 1.67. The number of carbonyl (C=O) groups excluding carboxylic acids is 2. The first kappa shape index (κ1) is 18.8. The number of aromatic nitrogens is 2. The average Bonchev–Trinajstić information content (AvgIpc) is 3.05. The SMILES string of the molecule is COc1cccc(NC(=O)N[C@@H]2CCCc3cn(CC(=O)N(C)C)nc32)c1. The molecule has 1 atom stereocenters. The molecule has 3 rings (SSSR count). The molecule has 3 amide bonds. The van der Waals surface area contributed by atoms with Crippen molar-refractivity contribution in [3.05, 3.63) is 41.7 Å². The number of benzene rings is 1. The van der Waals surface area contributed by atoms with Gasteiger partial charge in [-0.15, -0.1) is 0 Å². The Kier molecular flexibility index (Phi) is 5.63. The number of ether oxygens (including phenoxy) is 1. The lowest BCUT2D eigenvalue weighted by Gasteiger charge is -2.22. The second kappa shape index (κ2) is 8.11. The predicted octanol–water partition coefficient (Wildman–Crippen LogP) is 2.18. The summed E-state index contributed by atoms with van der Waals surface area (Å²) in [5.74, 6) is 0.659. The van der Waals surface area contributed by atoms with Crippen LogP contribution in [0.25, 0.3) is 0 Å². The van der Waals surface area contributed by atoms with E-state index in [-0.39, 0.29) is 24.5 Å². The number of likely N-dealkylation sites (N-methyl/N-ethyl adjacent to an activating group) is 1. The van der Waals surface area contributed by atoms with Crippen LogP contribution in [0.15, 0.2) is 30.5 Å². The van der Waals surface area contributed by atoms with Crippen LogP contribution in [0.4, 0.5) is 10.5 Å². The maximum atomic E-state index is 12.4. The second-order valence-electron chi connectivity index (χ2n) is 6.80. The molecule has 8 nitrogen and oxygen atoms in total. The van der Waals surface area contributed by atoms with Crippen LogP contribution in [-0.4, -0.2) is 47.8 Å². The van der Waals surface area contributed by atoms with E-state index in [0.717, 1.165) is 30.5 Å². The molecule has 1 aromatic carbocycles. The van der Waals surface area contributed by atoms with Gasteiger partial charge >= 0.3 is 6.03 Å².